The van der Waals surface area contributed by atoms with Gasteiger partial charge in [0.1, 0.15) is 5.54 Å². The quantitative estimate of drug-likeness (QED) is 0.479. The molecule has 0 saturated heterocycles. The Balaban J connectivity index is 1.45. The molecule has 0 fully saturated rings. The van der Waals surface area contributed by atoms with Crippen LogP contribution in [0.25, 0.3) is 0 Å². The molecule has 1 aliphatic heterocycles. The lowest BCUT2D eigenvalue weighted by molar-refractivity contribution is -0.128. The fourth-order valence-corrected chi connectivity index (χ4v) is 3.69. The molecule has 1 aliphatic rings. The number of hydrogen-bond donors (Lipinski definition) is 1. The molecular formula is C26H22N2O5. The summed E-state index contributed by atoms with van der Waals surface area (Å²) in [6.45, 7) is 2.72. The van der Waals surface area contributed by atoms with Crippen molar-refractivity contribution in [2.75, 3.05) is 16.8 Å². The summed E-state index contributed by atoms with van der Waals surface area (Å²) in [5, 5.41) is 2.78. The summed E-state index contributed by atoms with van der Waals surface area (Å²) in [4.78, 5) is 51.8. The van der Waals surface area contributed by atoms with E-state index in [0.717, 1.165) is 0 Å². The highest BCUT2D eigenvalue weighted by Gasteiger charge is 2.43. The summed E-state index contributed by atoms with van der Waals surface area (Å²) >= 11 is 0. The first-order chi connectivity index (χ1) is 15.8. The average molecular weight is 442 g/mol. The summed E-state index contributed by atoms with van der Waals surface area (Å²) in [6.07, 6.45) is 0. The molecule has 4 rings (SSSR count). The molecule has 0 spiro atoms. The molecule has 3 aromatic rings. The van der Waals surface area contributed by atoms with Gasteiger partial charge in [-0.1, -0.05) is 54.6 Å². The number of benzene rings is 3. The lowest BCUT2D eigenvalue weighted by Crippen LogP contribution is -2.59. The van der Waals surface area contributed by atoms with Crippen LogP contribution in [0, 0.1) is 0 Å². The average Bonchev–Trinajstić information content (AvgIpc) is 2.83. The standard InChI is InChI=1S/C26H22N2O5/c1-26(2)25(32)27-20-10-6-7-11-21(20)28(26)22(29)16-33-24(31)19-14-12-18(13-15-19)23(30)17-8-4-3-5-9-17/h3-15H,16H2,1-2H3,(H,27,32). The van der Waals surface area contributed by atoms with E-state index in [-0.39, 0.29) is 17.3 Å². The highest BCUT2D eigenvalue weighted by molar-refractivity contribution is 6.14. The number of ketones is 1. The Kier molecular flexibility index (Phi) is 5.79. The first-order valence-corrected chi connectivity index (χ1v) is 10.4. The smallest absolute Gasteiger partial charge is 0.338 e. The summed E-state index contributed by atoms with van der Waals surface area (Å²) in [7, 11) is 0. The third-order valence-corrected chi connectivity index (χ3v) is 5.50. The topological polar surface area (TPSA) is 92.8 Å². The highest BCUT2D eigenvalue weighted by Crippen LogP contribution is 2.36. The van der Waals surface area contributed by atoms with E-state index < -0.39 is 24.0 Å². The fraction of sp³-hybridized carbons (Fsp3) is 0.154. The van der Waals surface area contributed by atoms with Crippen molar-refractivity contribution in [3.8, 4) is 0 Å². The van der Waals surface area contributed by atoms with Crippen molar-refractivity contribution in [3.63, 3.8) is 0 Å². The van der Waals surface area contributed by atoms with Crippen LogP contribution in [0.5, 0.6) is 0 Å². The number of para-hydroxylation sites is 2. The summed E-state index contributed by atoms with van der Waals surface area (Å²) in [5.41, 5.74) is 1.09. The van der Waals surface area contributed by atoms with E-state index in [1.165, 1.54) is 17.0 Å². The predicted octanol–water partition coefficient (Wildman–Crippen LogP) is 3.84. The first-order valence-electron chi connectivity index (χ1n) is 10.4. The molecule has 0 atom stereocenters. The van der Waals surface area contributed by atoms with Gasteiger partial charge < -0.3 is 10.1 Å². The van der Waals surface area contributed by atoms with Crippen LogP contribution in [0.3, 0.4) is 0 Å². The normalized spacial score (nSPS) is 14.1. The molecule has 3 aromatic carbocycles. The lowest BCUT2D eigenvalue weighted by atomic mass is 9.96. The molecule has 0 bridgehead atoms. The molecule has 7 heteroatoms. The fourth-order valence-electron chi connectivity index (χ4n) is 3.69. The van der Waals surface area contributed by atoms with E-state index in [2.05, 4.69) is 5.32 Å². The largest absolute Gasteiger partial charge is 0.452 e. The van der Waals surface area contributed by atoms with E-state index in [1.54, 1.807) is 74.5 Å². The van der Waals surface area contributed by atoms with Crippen LogP contribution in [0.2, 0.25) is 0 Å². The van der Waals surface area contributed by atoms with E-state index in [4.69, 9.17) is 4.74 Å². The van der Waals surface area contributed by atoms with Crippen LogP contribution >= 0.6 is 0 Å². The van der Waals surface area contributed by atoms with Gasteiger partial charge in [0.15, 0.2) is 12.4 Å². The number of fused-ring (bicyclic) bond motifs is 1. The number of carbonyl (C=O) groups is 4. The number of carbonyl (C=O) groups excluding carboxylic acids is 4. The SMILES string of the molecule is CC1(C)C(=O)Nc2ccccc2N1C(=O)COC(=O)c1ccc(C(=O)c2ccccc2)cc1. The van der Waals surface area contributed by atoms with Gasteiger partial charge in [0.25, 0.3) is 5.91 Å². The van der Waals surface area contributed by atoms with Crippen molar-refractivity contribution in [3.05, 3.63) is 95.6 Å². The molecule has 0 radical (unpaired) electrons. The van der Waals surface area contributed by atoms with E-state index >= 15 is 0 Å². The van der Waals surface area contributed by atoms with Crippen molar-refractivity contribution < 1.29 is 23.9 Å². The van der Waals surface area contributed by atoms with Crippen LogP contribution in [-0.2, 0) is 14.3 Å². The number of nitrogens with zero attached hydrogens (tertiary/aromatic N) is 1. The van der Waals surface area contributed by atoms with Crippen LogP contribution in [0.4, 0.5) is 11.4 Å². The monoisotopic (exact) mass is 442 g/mol. The molecule has 0 aromatic heterocycles. The summed E-state index contributed by atoms with van der Waals surface area (Å²) < 4.78 is 5.22. The number of anilines is 2. The third kappa shape index (κ3) is 4.25. The highest BCUT2D eigenvalue weighted by atomic mass is 16.5. The number of hydrogen-bond acceptors (Lipinski definition) is 5. The van der Waals surface area contributed by atoms with Gasteiger partial charge in [-0.25, -0.2) is 4.79 Å². The minimum absolute atomic E-state index is 0.157. The molecule has 166 valence electrons. The minimum atomic E-state index is -1.16. The first kappa shape index (κ1) is 22.0. The Morgan fingerprint density at radius 2 is 1.39 bits per heavy atom. The van der Waals surface area contributed by atoms with Gasteiger partial charge in [-0.05, 0) is 38.1 Å². The lowest BCUT2D eigenvalue weighted by Gasteiger charge is -2.41. The molecule has 1 N–H and O–H groups in total. The van der Waals surface area contributed by atoms with Crippen molar-refractivity contribution in [1.82, 2.24) is 0 Å². The Morgan fingerprint density at radius 3 is 2.09 bits per heavy atom. The van der Waals surface area contributed by atoms with Gasteiger partial charge in [-0.2, -0.15) is 0 Å². The Bertz CT molecular complexity index is 1230. The molecular weight excluding hydrogens is 420 g/mol. The van der Waals surface area contributed by atoms with E-state index in [0.29, 0.717) is 22.5 Å². The molecule has 0 aliphatic carbocycles. The van der Waals surface area contributed by atoms with Crippen molar-refractivity contribution >= 4 is 34.9 Å². The van der Waals surface area contributed by atoms with Gasteiger partial charge in [0.2, 0.25) is 5.91 Å². The molecule has 0 saturated carbocycles. The number of rotatable bonds is 5. The maximum absolute atomic E-state index is 13.0. The number of amides is 2. The van der Waals surface area contributed by atoms with Crippen molar-refractivity contribution in [2.24, 2.45) is 0 Å². The predicted molar refractivity (Wildman–Crippen MR) is 123 cm³/mol. The minimum Gasteiger partial charge on any atom is -0.452 e. The second-order valence-electron chi connectivity index (χ2n) is 8.11. The van der Waals surface area contributed by atoms with Crippen molar-refractivity contribution in [2.45, 2.75) is 19.4 Å². The zero-order valence-corrected chi connectivity index (χ0v) is 18.2. The van der Waals surface area contributed by atoms with Crippen LogP contribution < -0.4 is 10.2 Å². The van der Waals surface area contributed by atoms with Gasteiger partial charge in [0.05, 0.1) is 16.9 Å². The summed E-state index contributed by atoms with van der Waals surface area (Å²) in [5.74, 6) is -1.71. The van der Waals surface area contributed by atoms with Crippen LogP contribution in [0.15, 0.2) is 78.9 Å². The molecule has 0 unspecified atom stereocenters. The van der Waals surface area contributed by atoms with Gasteiger partial charge >= 0.3 is 5.97 Å². The number of esters is 1. The third-order valence-electron chi connectivity index (χ3n) is 5.50. The summed E-state index contributed by atoms with van der Waals surface area (Å²) in [6, 6.07) is 21.8. The van der Waals surface area contributed by atoms with Crippen molar-refractivity contribution in [1.29, 1.82) is 0 Å². The number of nitrogens with one attached hydrogen (secondary N) is 1. The second kappa shape index (κ2) is 8.70. The number of ether oxygens (including phenoxy) is 1. The Hall–Kier alpha value is -4.26. The molecule has 1 heterocycles. The maximum Gasteiger partial charge on any atom is 0.338 e. The van der Waals surface area contributed by atoms with Gasteiger partial charge in [-0.15, -0.1) is 0 Å². The molecule has 2 amide bonds. The van der Waals surface area contributed by atoms with Gasteiger partial charge in [-0.3, -0.25) is 19.3 Å². The molecule has 33 heavy (non-hydrogen) atoms. The van der Waals surface area contributed by atoms with Gasteiger partial charge in [0, 0.05) is 11.1 Å². The van der Waals surface area contributed by atoms with E-state index in [1.807, 2.05) is 6.07 Å². The zero-order valence-electron chi connectivity index (χ0n) is 18.2. The Labute approximate surface area is 191 Å². The zero-order chi connectivity index (χ0) is 23.6. The van der Waals surface area contributed by atoms with E-state index in [9.17, 15) is 19.2 Å². The molecule has 7 nitrogen and oxygen atoms in total. The van der Waals surface area contributed by atoms with Crippen LogP contribution in [-0.4, -0.2) is 35.7 Å². The van der Waals surface area contributed by atoms with Crippen LogP contribution in [0.1, 0.15) is 40.1 Å². The second-order valence-corrected chi connectivity index (χ2v) is 8.11. The maximum atomic E-state index is 13.0. The Morgan fingerprint density at radius 1 is 0.818 bits per heavy atom.